The molecule has 6 rings (SSSR count). The van der Waals surface area contributed by atoms with Gasteiger partial charge >= 0.3 is 5.91 Å². The highest BCUT2D eigenvalue weighted by molar-refractivity contribution is 7.22. The summed E-state index contributed by atoms with van der Waals surface area (Å²) in [5, 5.41) is 12.5. The Morgan fingerprint density at radius 3 is 2.66 bits per heavy atom. The van der Waals surface area contributed by atoms with E-state index in [1.165, 1.54) is 16.2 Å². The minimum atomic E-state index is -0.923. The number of carbonyl (C=O) groups excluding carboxylic acids is 2. The van der Waals surface area contributed by atoms with Crippen LogP contribution in [-0.4, -0.2) is 37.8 Å². The maximum Gasteiger partial charge on any atom is 0.301 e. The number of benzene rings is 2. The number of anilines is 1. The van der Waals surface area contributed by atoms with E-state index in [0.717, 1.165) is 4.70 Å². The molecule has 1 aliphatic heterocycles. The highest BCUT2D eigenvalue weighted by Crippen LogP contribution is 2.45. The minimum Gasteiger partial charge on any atom is -0.505 e. The lowest BCUT2D eigenvalue weighted by Gasteiger charge is -2.23. The standard InChI is InChI=1S/C28H21ClN4O4S/c1-3-37-18-11-12-19-20(14-18)38-28(31-19)33-24(16-7-9-17(29)10-8-16)22(26(35)27(33)36)25(34)23-15(2)30-21-6-4-5-13-32(21)23/h4-14,24,34H,3H2,1-2H3. The van der Waals surface area contributed by atoms with Crippen LogP contribution in [0, 0.1) is 6.92 Å². The number of rotatable bonds is 5. The summed E-state index contributed by atoms with van der Waals surface area (Å²) in [5.41, 5.74) is 2.72. The number of ketones is 1. The number of hydrogen-bond donors (Lipinski definition) is 1. The van der Waals surface area contributed by atoms with E-state index < -0.39 is 17.7 Å². The molecule has 1 amide bonds. The van der Waals surface area contributed by atoms with Gasteiger partial charge in [0.05, 0.1) is 34.1 Å². The summed E-state index contributed by atoms with van der Waals surface area (Å²) < 4.78 is 8.11. The van der Waals surface area contributed by atoms with Crippen LogP contribution in [-0.2, 0) is 9.59 Å². The van der Waals surface area contributed by atoms with Crippen molar-refractivity contribution in [3.63, 3.8) is 0 Å². The third-order valence-electron chi connectivity index (χ3n) is 6.42. The van der Waals surface area contributed by atoms with Gasteiger partial charge in [-0.2, -0.15) is 0 Å². The number of aromatic nitrogens is 3. The van der Waals surface area contributed by atoms with Crippen molar-refractivity contribution in [1.82, 2.24) is 14.4 Å². The van der Waals surface area contributed by atoms with Crippen LogP contribution in [0.1, 0.15) is 29.9 Å². The van der Waals surface area contributed by atoms with Gasteiger partial charge in [0.1, 0.15) is 17.1 Å². The van der Waals surface area contributed by atoms with E-state index in [0.29, 0.717) is 50.6 Å². The first-order valence-electron chi connectivity index (χ1n) is 11.9. The molecule has 1 fully saturated rings. The molecule has 0 aliphatic carbocycles. The highest BCUT2D eigenvalue weighted by atomic mass is 35.5. The fraction of sp³-hybridized carbons (Fsp3) is 0.143. The molecule has 8 nitrogen and oxygen atoms in total. The van der Waals surface area contributed by atoms with Crippen molar-refractivity contribution < 1.29 is 19.4 Å². The number of thiazole rings is 1. The Morgan fingerprint density at radius 1 is 1.11 bits per heavy atom. The van der Waals surface area contributed by atoms with E-state index in [1.54, 1.807) is 53.9 Å². The van der Waals surface area contributed by atoms with Crippen LogP contribution >= 0.6 is 22.9 Å². The van der Waals surface area contributed by atoms with E-state index >= 15 is 0 Å². The highest BCUT2D eigenvalue weighted by Gasteiger charge is 2.48. The van der Waals surface area contributed by atoms with Gasteiger partial charge in [0, 0.05) is 11.2 Å². The molecule has 4 heterocycles. The fourth-order valence-corrected chi connectivity index (χ4v) is 5.92. The van der Waals surface area contributed by atoms with E-state index in [2.05, 4.69) is 9.97 Å². The first-order chi connectivity index (χ1) is 18.4. The number of aliphatic hydroxyl groups is 1. The molecule has 2 aromatic carbocycles. The third-order valence-corrected chi connectivity index (χ3v) is 7.69. The maximum absolute atomic E-state index is 13.6. The number of fused-ring (bicyclic) bond motifs is 2. The normalized spacial score (nSPS) is 17.1. The van der Waals surface area contributed by atoms with Crippen molar-refractivity contribution in [3.8, 4) is 5.75 Å². The molecule has 1 N–H and O–H groups in total. The van der Waals surface area contributed by atoms with Crippen molar-refractivity contribution in [3.05, 3.63) is 94.4 Å². The second kappa shape index (κ2) is 9.27. The number of imidazole rings is 1. The van der Waals surface area contributed by atoms with E-state index in [4.69, 9.17) is 16.3 Å². The lowest BCUT2D eigenvalue weighted by molar-refractivity contribution is -0.132. The first-order valence-corrected chi connectivity index (χ1v) is 13.1. The number of carbonyl (C=O) groups is 2. The van der Waals surface area contributed by atoms with Crippen molar-refractivity contribution >= 4 is 61.4 Å². The number of aliphatic hydroxyl groups excluding tert-OH is 1. The predicted molar refractivity (Wildman–Crippen MR) is 147 cm³/mol. The van der Waals surface area contributed by atoms with Gasteiger partial charge in [0.25, 0.3) is 5.78 Å². The van der Waals surface area contributed by atoms with Gasteiger partial charge in [0.15, 0.2) is 10.9 Å². The van der Waals surface area contributed by atoms with Crippen LogP contribution in [0.25, 0.3) is 21.6 Å². The van der Waals surface area contributed by atoms with Gasteiger partial charge in [-0.15, -0.1) is 0 Å². The average Bonchev–Trinajstić information content (AvgIpc) is 3.55. The second-order valence-electron chi connectivity index (χ2n) is 8.75. The molecule has 0 radical (unpaired) electrons. The molecule has 5 aromatic rings. The summed E-state index contributed by atoms with van der Waals surface area (Å²) in [4.78, 5) is 37.7. The summed E-state index contributed by atoms with van der Waals surface area (Å²) >= 11 is 7.42. The van der Waals surface area contributed by atoms with Crippen LogP contribution in [0.15, 0.2) is 72.4 Å². The summed E-state index contributed by atoms with van der Waals surface area (Å²) in [6.45, 7) is 4.17. The molecule has 0 bridgehead atoms. The second-order valence-corrected chi connectivity index (χ2v) is 10.2. The molecule has 1 saturated heterocycles. The van der Waals surface area contributed by atoms with Crippen LogP contribution in [0.4, 0.5) is 5.13 Å². The summed E-state index contributed by atoms with van der Waals surface area (Å²) in [5.74, 6) is -1.19. The summed E-state index contributed by atoms with van der Waals surface area (Å²) in [7, 11) is 0. The molecule has 0 spiro atoms. The van der Waals surface area contributed by atoms with Crippen LogP contribution in [0.3, 0.4) is 0 Å². The Kier molecular flexibility index (Phi) is 5.89. The Bertz CT molecular complexity index is 1770. The number of aryl methyl sites for hydroxylation is 1. The number of Topliss-reactive ketones (excluding diaryl/α,β-unsaturated/α-hetero) is 1. The average molecular weight is 545 g/mol. The van der Waals surface area contributed by atoms with Crippen LogP contribution in [0.2, 0.25) is 5.02 Å². The summed E-state index contributed by atoms with van der Waals surface area (Å²) in [6, 6.07) is 16.8. The van der Waals surface area contributed by atoms with Gasteiger partial charge < -0.3 is 9.84 Å². The molecule has 1 atom stereocenters. The van der Waals surface area contributed by atoms with Gasteiger partial charge in [-0.3, -0.25) is 18.9 Å². The quantitative estimate of drug-likeness (QED) is 0.167. The number of nitrogens with zero attached hydrogens (tertiary/aromatic N) is 4. The van der Waals surface area contributed by atoms with Gasteiger partial charge in [-0.1, -0.05) is 41.1 Å². The number of pyridine rings is 1. The molecule has 3 aromatic heterocycles. The molecule has 1 aliphatic rings. The summed E-state index contributed by atoms with van der Waals surface area (Å²) in [6.07, 6.45) is 1.75. The smallest absolute Gasteiger partial charge is 0.301 e. The Morgan fingerprint density at radius 2 is 1.89 bits per heavy atom. The Hall–Kier alpha value is -4.21. The first kappa shape index (κ1) is 24.1. The molecule has 0 saturated carbocycles. The monoisotopic (exact) mass is 544 g/mol. The zero-order valence-corrected chi connectivity index (χ0v) is 22.0. The van der Waals surface area contributed by atoms with E-state index in [1.807, 2.05) is 31.2 Å². The van der Waals surface area contributed by atoms with Crippen molar-refractivity contribution in [2.24, 2.45) is 0 Å². The fourth-order valence-electron chi connectivity index (χ4n) is 4.77. The van der Waals surface area contributed by atoms with Crippen molar-refractivity contribution in [1.29, 1.82) is 0 Å². The van der Waals surface area contributed by atoms with Crippen LogP contribution < -0.4 is 9.64 Å². The lowest BCUT2D eigenvalue weighted by atomic mass is 9.96. The van der Waals surface area contributed by atoms with Gasteiger partial charge in [0.2, 0.25) is 0 Å². The molecule has 38 heavy (non-hydrogen) atoms. The lowest BCUT2D eigenvalue weighted by Crippen LogP contribution is -2.29. The maximum atomic E-state index is 13.6. The number of hydrogen-bond acceptors (Lipinski definition) is 7. The van der Waals surface area contributed by atoms with Crippen molar-refractivity contribution in [2.45, 2.75) is 19.9 Å². The largest absolute Gasteiger partial charge is 0.505 e. The number of amides is 1. The Balaban J connectivity index is 1.57. The minimum absolute atomic E-state index is 0.0414. The molecular weight excluding hydrogens is 524 g/mol. The predicted octanol–water partition coefficient (Wildman–Crippen LogP) is 5.93. The third kappa shape index (κ3) is 3.82. The number of halogens is 1. The molecule has 1 unspecified atom stereocenters. The zero-order chi connectivity index (χ0) is 26.6. The SMILES string of the molecule is CCOc1ccc2nc(N3C(=O)C(=O)C(=C(O)c4c(C)nc5ccccn45)C3c3ccc(Cl)cc3)sc2c1. The van der Waals surface area contributed by atoms with Crippen molar-refractivity contribution in [2.75, 3.05) is 11.5 Å². The Labute approximate surface area is 226 Å². The van der Waals surface area contributed by atoms with Crippen LogP contribution in [0.5, 0.6) is 5.75 Å². The van der Waals surface area contributed by atoms with E-state index in [9.17, 15) is 14.7 Å². The topological polar surface area (TPSA) is 97.0 Å². The zero-order valence-electron chi connectivity index (χ0n) is 20.4. The van der Waals surface area contributed by atoms with E-state index in [-0.39, 0.29) is 11.3 Å². The van der Waals surface area contributed by atoms with Gasteiger partial charge in [-0.05, 0) is 61.9 Å². The molecule has 10 heteroatoms. The van der Waals surface area contributed by atoms with Gasteiger partial charge in [-0.25, -0.2) is 9.97 Å². The molecule has 190 valence electrons. The number of ether oxygens (including phenoxy) is 1. The molecular formula is C28H21ClN4O4S.